The highest BCUT2D eigenvalue weighted by atomic mass is 14.7. The van der Waals surface area contributed by atoms with Gasteiger partial charge in [-0.3, -0.25) is 0 Å². The maximum Gasteiger partial charge on any atom is 0.0544 e. The fraction of sp³-hybridized carbons (Fsp3) is 0.0345. The van der Waals surface area contributed by atoms with Crippen LogP contribution in [0.5, 0.6) is 0 Å². The zero-order chi connectivity index (χ0) is 19.9. The molecule has 1 aliphatic rings. The van der Waals surface area contributed by atoms with Crippen LogP contribution in [-0.2, 0) is 6.42 Å². The normalized spacial score (nSPS) is 13.1. The van der Waals surface area contributed by atoms with Gasteiger partial charge in [0.25, 0.3) is 0 Å². The number of hydrogen-bond acceptors (Lipinski definition) is 0. The van der Waals surface area contributed by atoms with Gasteiger partial charge >= 0.3 is 0 Å². The molecule has 0 saturated carbocycles. The van der Waals surface area contributed by atoms with Gasteiger partial charge < -0.3 is 4.98 Å². The molecule has 0 spiro atoms. The molecule has 0 bridgehead atoms. The van der Waals surface area contributed by atoms with Crippen LogP contribution in [0.15, 0.2) is 109 Å². The fourth-order valence-electron chi connectivity index (χ4n) is 4.75. The number of benzene rings is 4. The Morgan fingerprint density at radius 1 is 0.567 bits per heavy atom. The fourth-order valence-corrected chi connectivity index (χ4v) is 4.75. The lowest BCUT2D eigenvalue weighted by Crippen LogP contribution is -1.92. The van der Waals surface area contributed by atoms with E-state index in [9.17, 15) is 0 Å². The summed E-state index contributed by atoms with van der Waals surface area (Å²) < 4.78 is 0. The number of allylic oxidation sites excluding steroid dienone is 1. The molecule has 6 rings (SSSR count). The van der Waals surface area contributed by atoms with Crippen LogP contribution in [0.3, 0.4) is 0 Å². The van der Waals surface area contributed by atoms with E-state index in [2.05, 4.69) is 114 Å². The molecule has 5 aromatic rings. The lowest BCUT2D eigenvalue weighted by molar-refractivity contribution is 1.32. The third kappa shape index (κ3) is 2.63. The number of nitrogens with one attached hydrogen (secondary N) is 1. The van der Waals surface area contributed by atoms with E-state index < -0.39 is 0 Å². The maximum absolute atomic E-state index is 3.73. The smallest absolute Gasteiger partial charge is 0.0544 e. The lowest BCUT2D eigenvalue weighted by atomic mass is 9.91. The zero-order valence-electron chi connectivity index (χ0n) is 16.6. The molecular formula is C29H21N. The van der Waals surface area contributed by atoms with Crippen molar-refractivity contribution in [3.8, 4) is 11.3 Å². The molecule has 1 nitrogen and oxygen atoms in total. The van der Waals surface area contributed by atoms with Crippen LogP contribution < -0.4 is 0 Å². The predicted molar refractivity (Wildman–Crippen MR) is 126 cm³/mol. The summed E-state index contributed by atoms with van der Waals surface area (Å²) in [6.45, 7) is 0. The van der Waals surface area contributed by atoms with Crippen LogP contribution in [0.1, 0.15) is 22.3 Å². The van der Waals surface area contributed by atoms with Gasteiger partial charge in [-0.25, -0.2) is 0 Å². The molecule has 0 aliphatic heterocycles. The minimum atomic E-state index is 0.962. The van der Waals surface area contributed by atoms with Crippen molar-refractivity contribution < 1.29 is 0 Å². The molecule has 0 saturated heterocycles. The third-order valence-electron chi connectivity index (χ3n) is 6.10. The number of fused-ring (bicyclic) bond motifs is 2. The number of aromatic nitrogens is 1. The first-order valence-electron chi connectivity index (χ1n) is 10.4. The topological polar surface area (TPSA) is 15.8 Å². The second-order valence-electron chi connectivity index (χ2n) is 7.84. The summed E-state index contributed by atoms with van der Waals surface area (Å²) in [6.07, 6.45) is 0.962. The largest absolute Gasteiger partial charge is 0.354 e. The summed E-state index contributed by atoms with van der Waals surface area (Å²) in [6, 6.07) is 39.0. The van der Waals surface area contributed by atoms with Gasteiger partial charge in [-0.15, -0.1) is 0 Å². The summed E-state index contributed by atoms with van der Waals surface area (Å²) in [4.78, 5) is 3.73. The van der Waals surface area contributed by atoms with Crippen molar-refractivity contribution in [3.05, 3.63) is 131 Å². The van der Waals surface area contributed by atoms with E-state index >= 15 is 0 Å². The molecule has 0 amide bonds. The van der Waals surface area contributed by atoms with E-state index in [4.69, 9.17) is 0 Å². The first-order chi connectivity index (χ1) is 14.9. The quantitative estimate of drug-likeness (QED) is 0.335. The van der Waals surface area contributed by atoms with Crippen molar-refractivity contribution in [2.24, 2.45) is 0 Å². The summed E-state index contributed by atoms with van der Waals surface area (Å²) in [5.41, 5.74) is 11.7. The Morgan fingerprint density at radius 3 is 2.00 bits per heavy atom. The summed E-state index contributed by atoms with van der Waals surface area (Å²) in [5, 5.41) is 1.27. The zero-order valence-corrected chi connectivity index (χ0v) is 16.6. The second kappa shape index (κ2) is 6.89. The molecule has 1 N–H and O–H groups in total. The van der Waals surface area contributed by atoms with Crippen molar-refractivity contribution in [1.82, 2.24) is 4.98 Å². The Bertz CT molecular complexity index is 1390. The van der Waals surface area contributed by atoms with Crippen molar-refractivity contribution in [2.75, 3.05) is 0 Å². The molecule has 1 heteroatoms. The maximum atomic E-state index is 3.73. The molecular weight excluding hydrogens is 362 g/mol. The van der Waals surface area contributed by atoms with Crippen LogP contribution in [-0.4, -0.2) is 4.98 Å². The number of H-pyrrole nitrogens is 1. The Balaban J connectivity index is 1.73. The van der Waals surface area contributed by atoms with Crippen LogP contribution in [0.2, 0.25) is 0 Å². The molecule has 4 aromatic carbocycles. The first-order valence-corrected chi connectivity index (χ1v) is 10.4. The van der Waals surface area contributed by atoms with Crippen LogP contribution in [0, 0.1) is 0 Å². The van der Waals surface area contributed by atoms with Crippen molar-refractivity contribution in [2.45, 2.75) is 6.42 Å². The van der Waals surface area contributed by atoms with Crippen LogP contribution in [0.4, 0.5) is 0 Å². The molecule has 142 valence electrons. The van der Waals surface area contributed by atoms with E-state index in [1.54, 1.807) is 0 Å². The van der Waals surface area contributed by atoms with Crippen molar-refractivity contribution in [3.63, 3.8) is 0 Å². The van der Waals surface area contributed by atoms with Gasteiger partial charge in [0.15, 0.2) is 0 Å². The molecule has 0 atom stereocenters. The molecule has 0 radical (unpaired) electrons. The number of rotatable bonds is 3. The Hall–Kier alpha value is -3.84. The van der Waals surface area contributed by atoms with E-state index in [0.717, 1.165) is 6.42 Å². The van der Waals surface area contributed by atoms with E-state index in [0.29, 0.717) is 0 Å². The van der Waals surface area contributed by atoms with E-state index in [1.807, 2.05) is 0 Å². The summed E-state index contributed by atoms with van der Waals surface area (Å²) in [7, 11) is 0. The standard InChI is InChI=1S/C29H21N/c1-3-11-20(12-4-1)25-19-22-15-7-8-16-23(22)27(25)28-24-17-9-10-18-26(24)30-29(28)21-13-5-2-6-14-21/h1-18,30H,19H2. The van der Waals surface area contributed by atoms with Gasteiger partial charge in [0.2, 0.25) is 0 Å². The highest BCUT2D eigenvalue weighted by Gasteiger charge is 2.27. The SMILES string of the molecule is c1ccc(C2=C(c3c(-c4ccccc4)[nH]c4ccccc34)c3ccccc3C2)cc1. The average Bonchev–Trinajstić information content (AvgIpc) is 3.38. The number of aromatic amines is 1. The van der Waals surface area contributed by atoms with Gasteiger partial charge in [0.05, 0.1) is 5.69 Å². The molecule has 1 aliphatic carbocycles. The van der Waals surface area contributed by atoms with Gasteiger partial charge in [-0.05, 0) is 45.9 Å². The second-order valence-corrected chi connectivity index (χ2v) is 7.84. The summed E-state index contributed by atoms with van der Waals surface area (Å²) in [5.74, 6) is 0. The van der Waals surface area contributed by atoms with Gasteiger partial charge in [0, 0.05) is 16.5 Å². The average molecular weight is 383 g/mol. The summed E-state index contributed by atoms with van der Waals surface area (Å²) >= 11 is 0. The first kappa shape index (κ1) is 17.1. The van der Waals surface area contributed by atoms with Crippen LogP contribution >= 0.6 is 0 Å². The van der Waals surface area contributed by atoms with E-state index in [1.165, 1.54) is 55.6 Å². The third-order valence-corrected chi connectivity index (χ3v) is 6.10. The Kier molecular flexibility index (Phi) is 3.92. The van der Waals surface area contributed by atoms with Crippen molar-refractivity contribution >= 4 is 22.0 Å². The van der Waals surface area contributed by atoms with Gasteiger partial charge in [-0.2, -0.15) is 0 Å². The number of hydrogen-bond donors (Lipinski definition) is 1. The van der Waals surface area contributed by atoms with Crippen LogP contribution in [0.25, 0.3) is 33.3 Å². The highest BCUT2D eigenvalue weighted by Crippen LogP contribution is 2.47. The molecule has 0 fully saturated rings. The monoisotopic (exact) mass is 383 g/mol. The molecule has 1 heterocycles. The predicted octanol–water partition coefficient (Wildman–Crippen LogP) is 7.35. The van der Waals surface area contributed by atoms with Gasteiger partial charge in [0.1, 0.15) is 0 Å². The van der Waals surface area contributed by atoms with Gasteiger partial charge in [-0.1, -0.05) is 103 Å². The molecule has 0 unspecified atom stereocenters. The minimum Gasteiger partial charge on any atom is -0.354 e. The minimum absolute atomic E-state index is 0.962. The lowest BCUT2D eigenvalue weighted by Gasteiger charge is -2.12. The number of para-hydroxylation sites is 1. The molecule has 1 aromatic heterocycles. The Morgan fingerprint density at radius 2 is 1.20 bits per heavy atom. The van der Waals surface area contributed by atoms with Crippen molar-refractivity contribution in [1.29, 1.82) is 0 Å². The Labute approximate surface area is 176 Å². The van der Waals surface area contributed by atoms with E-state index in [-0.39, 0.29) is 0 Å². The molecule has 30 heavy (non-hydrogen) atoms. The highest BCUT2D eigenvalue weighted by molar-refractivity contribution is 6.13.